The van der Waals surface area contributed by atoms with E-state index in [0.29, 0.717) is 5.92 Å². The zero-order valence-corrected chi connectivity index (χ0v) is 10.5. The molecule has 0 saturated heterocycles. The first-order valence-electron chi connectivity index (χ1n) is 6.62. The minimum atomic E-state index is -0.423. The Morgan fingerprint density at radius 1 is 1.18 bits per heavy atom. The third-order valence-corrected chi connectivity index (χ3v) is 3.90. The molecule has 1 aliphatic rings. The highest BCUT2D eigenvalue weighted by molar-refractivity contribution is 5.28. The van der Waals surface area contributed by atoms with Gasteiger partial charge in [0.25, 0.3) is 0 Å². The van der Waals surface area contributed by atoms with Crippen LogP contribution < -0.4 is 0 Å². The summed E-state index contributed by atoms with van der Waals surface area (Å²) in [6, 6.07) is 4.69. The third-order valence-electron chi connectivity index (χ3n) is 3.90. The summed E-state index contributed by atoms with van der Waals surface area (Å²) >= 11 is 0. The molecule has 0 amide bonds. The molecule has 1 aromatic carbocycles. The number of hydrogen-bond donors (Lipinski definition) is 1. The Bertz CT molecular complexity index is 367. The van der Waals surface area contributed by atoms with Gasteiger partial charge >= 0.3 is 0 Å². The lowest BCUT2D eigenvalue weighted by atomic mass is 9.87. The Labute approximate surface area is 103 Å². The van der Waals surface area contributed by atoms with Crippen LogP contribution in [0.5, 0.6) is 0 Å². The molecule has 1 fully saturated rings. The quantitative estimate of drug-likeness (QED) is 0.765. The molecule has 1 aromatic rings. The number of benzene rings is 1. The molecule has 0 spiro atoms. The van der Waals surface area contributed by atoms with Gasteiger partial charge in [0.05, 0.1) is 6.10 Å². The summed E-state index contributed by atoms with van der Waals surface area (Å²) in [5.74, 6) is 0.126. The first kappa shape index (κ1) is 12.6. The molecule has 94 valence electrons. The first-order valence-corrected chi connectivity index (χ1v) is 6.62. The van der Waals surface area contributed by atoms with Crippen molar-refractivity contribution in [2.45, 2.75) is 51.6 Å². The van der Waals surface area contributed by atoms with Gasteiger partial charge in [-0.25, -0.2) is 4.39 Å². The molecular formula is C15H21FO. The summed E-state index contributed by atoms with van der Waals surface area (Å²) in [5.41, 5.74) is 1.76. The van der Waals surface area contributed by atoms with Crippen LogP contribution >= 0.6 is 0 Å². The molecule has 1 saturated carbocycles. The zero-order valence-electron chi connectivity index (χ0n) is 10.5. The van der Waals surface area contributed by atoms with Gasteiger partial charge in [-0.1, -0.05) is 31.7 Å². The van der Waals surface area contributed by atoms with E-state index >= 15 is 0 Å². The Morgan fingerprint density at radius 3 is 2.41 bits per heavy atom. The van der Waals surface area contributed by atoms with Crippen molar-refractivity contribution in [2.24, 2.45) is 5.92 Å². The molecule has 1 unspecified atom stereocenters. The topological polar surface area (TPSA) is 20.2 Å². The van der Waals surface area contributed by atoms with E-state index in [1.165, 1.54) is 37.8 Å². The summed E-state index contributed by atoms with van der Waals surface area (Å²) in [6.45, 7) is 1.87. The van der Waals surface area contributed by atoms with Gasteiger partial charge in [0.15, 0.2) is 0 Å². The minimum absolute atomic E-state index is 0.223. The third kappa shape index (κ3) is 3.06. The van der Waals surface area contributed by atoms with Crippen molar-refractivity contribution >= 4 is 0 Å². The van der Waals surface area contributed by atoms with Crippen LogP contribution in [-0.4, -0.2) is 5.11 Å². The molecule has 0 aromatic heterocycles. The maximum atomic E-state index is 13.0. The largest absolute Gasteiger partial charge is 0.388 e. The van der Waals surface area contributed by atoms with Crippen LogP contribution in [0, 0.1) is 18.7 Å². The van der Waals surface area contributed by atoms with Crippen LogP contribution in [0.1, 0.15) is 55.8 Å². The van der Waals surface area contributed by atoms with E-state index in [-0.39, 0.29) is 5.82 Å². The van der Waals surface area contributed by atoms with Crippen molar-refractivity contribution in [3.8, 4) is 0 Å². The number of aryl methyl sites for hydroxylation is 1. The van der Waals surface area contributed by atoms with Crippen LogP contribution in [0.4, 0.5) is 4.39 Å². The first-order chi connectivity index (χ1) is 8.18. The van der Waals surface area contributed by atoms with Crippen molar-refractivity contribution < 1.29 is 9.50 Å². The Morgan fingerprint density at radius 2 is 1.82 bits per heavy atom. The van der Waals surface area contributed by atoms with Crippen molar-refractivity contribution in [3.05, 3.63) is 35.1 Å². The van der Waals surface area contributed by atoms with Crippen LogP contribution in [-0.2, 0) is 0 Å². The van der Waals surface area contributed by atoms with E-state index in [1.54, 1.807) is 6.07 Å². The SMILES string of the molecule is Cc1cc(F)ccc1C(O)C1CCCCCC1. The van der Waals surface area contributed by atoms with E-state index < -0.39 is 6.10 Å². The van der Waals surface area contributed by atoms with Crippen molar-refractivity contribution in [1.29, 1.82) is 0 Å². The van der Waals surface area contributed by atoms with Gasteiger partial charge in [0.1, 0.15) is 5.82 Å². The van der Waals surface area contributed by atoms with E-state index in [1.807, 2.05) is 6.92 Å². The van der Waals surface area contributed by atoms with Gasteiger partial charge in [0.2, 0.25) is 0 Å². The van der Waals surface area contributed by atoms with Gasteiger partial charge in [0, 0.05) is 0 Å². The summed E-state index contributed by atoms with van der Waals surface area (Å²) in [5, 5.41) is 10.4. The van der Waals surface area contributed by atoms with Gasteiger partial charge in [-0.3, -0.25) is 0 Å². The summed E-state index contributed by atoms with van der Waals surface area (Å²) in [7, 11) is 0. The number of halogens is 1. The maximum Gasteiger partial charge on any atom is 0.123 e. The molecule has 1 aliphatic carbocycles. The van der Waals surface area contributed by atoms with Crippen molar-refractivity contribution in [3.63, 3.8) is 0 Å². The highest BCUT2D eigenvalue weighted by atomic mass is 19.1. The van der Waals surface area contributed by atoms with Crippen LogP contribution in [0.15, 0.2) is 18.2 Å². The van der Waals surface area contributed by atoms with Crippen LogP contribution in [0.3, 0.4) is 0 Å². The Hall–Kier alpha value is -0.890. The number of rotatable bonds is 2. The van der Waals surface area contributed by atoms with E-state index in [0.717, 1.165) is 24.0 Å². The molecule has 0 radical (unpaired) electrons. The normalized spacial score (nSPS) is 19.9. The molecule has 0 aliphatic heterocycles. The second kappa shape index (κ2) is 5.63. The summed E-state index contributed by atoms with van der Waals surface area (Å²) < 4.78 is 13.0. The molecule has 0 heterocycles. The zero-order chi connectivity index (χ0) is 12.3. The molecule has 2 rings (SSSR count). The predicted octanol–water partition coefficient (Wildman–Crippen LogP) is 4.14. The van der Waals surface area contributed by atoms with Gasteiger partial charge in [-0.05, 0) is 48.9 Å². The number of aliphatic hydroxyl groups excluding tert-OH is 1. The maximum absolute atomic E-state index is 13.0. The second-order valence-corrected chi connectivity index (χ2v) is 5.20. The standard InChI is InChI=1S/C15H21FO/c1-11-10-13(16)8-9-14(11)15(17)12-6-4-2-3-5-7-12/h8-10,12,15,17H,2-7H2,1H3. The molecule has 1 nitrogen and oxygen atoms in total. The Balaban J connectivity index is 2.14. The fraction of sp³-hybridized carbons (Fsp3) is 0.600. The van der Waals surface area contributed by atoms with Crippen molar-refractivity contribution in [1.82, 2.24) is 0 Å². The number of aliphatic hydroxyl groups is 1. The molecule has 2 heteroatoms. The summed E-state index contributed by atoms with van der Waals surface area (Å²) in [6.07, 6.45) is 6.76. The minimum Gasteiger partial charge on any atom is -0.388 e. The second-order valence-electron chi connectivity index (χ2n) is 5.20. The molecular weight excluding hydrogens is 215 g/mol. The van der Waals surface area contributed by atoms with Gasteiger partial charge < -0.3 is 5.11 Å². The van der Waals surface area contributed by atoms with Crippen LogP contribution in [0.2, 0.25) is 0 Å². The van der Waals surface area contributed by atoms with Gasteiger partial charge in [-0.15, -0.1) is 0 Å². The molecule has 0 bridgehead atoms. The van der Waals surface area contributed by atoms with E-state index in [9.17, 15) is 9.50 Å². The predicted molar refractivity (Wildman–Crippen MR) is 67.3 cm³/mol. The lowest BCUT2D eigenvalue weighted by molar-refractivity contribution is 0.0981. The Kier molecular flexibility index (Phi) is 4.16. The average Bonchev–Trinajstić information content (AvgIpc) is 2.56. The fourth-order valence-corrected chi connectivity index (χ4v) is 2.85. The highest BCUT2D eigenvalue weighted by Crippen LogP contribution is 2.34. The van der Waals surface area contributed by atoms with E-state index in [2.05, 4.69) is 0 Å². The monoisotopic (exact) mass is 236 g/mol. The van der Waals surface area contributed by atoms with Crippen LogP contribution in [0.25, 0.3) is 0 Å². The summed E-state index contributed by atoms with van der Waals surface area (Å²) in [4.78, 5) is 0. The lowest BCUT2D eigenvalue weighted by Crippen LogP contribution is -2.13. The molecule has 1 N–H and O–H groups in total. The van der Waals surface area contributed by atoms with Gasteiger partial charge in [-0.2, -0.15) is 0 Å². The highest BCUT2D eigenvalue weighted by Gasteiger charge is 2.23. The lowest BCUT2D eigenvalue weighted by Gasteiger charge is -2.23. The molecule has 1 atom stereocenters. The number of hydrogen-bond acceptors (Lipinski definition) is 1. The van der Waals surface area contributed by atoms with E-state index in [4.69, 9.17) is 0 Å². The molecule has 17 heavy (non-hydrogen) atoms. The van der Waals surface area contributed by atoms with Crippen molar-refractivity contribution in [2.75, 3.05) is 0 Å². The smallest absolute Gasteiger partial charge is 0.123 e. The fourth-order valence-electron chi connectivity index (χ4n) is 2.85. The average molecular weight is 236 g/mol.